The number of aliphatic hydroxyl groups excluding tert-OH is 1. The number of benzene rings is 2. The van der Waals surface area contributed by atoms with Crippen molar-refractivity contribution in [3.05, 3.63) is 89.0 Å². The molecule has 0 spiro atoms. The lowest BCUT2D eigenvalue weighted by atomic mass is 9.58. The molecule has 0 bridgehead atoms. The monoisotopic (exact) mass is 402 g/mol. The van der Waals surface area contributed by atoms with Crippen molar-refractivity contribution in [2.45, 2.75) is 45.1 Å². The molecule has 0 saturated heterocycles. The van der Waals surface area contributed by atoms with Gasteiger partial charge in [-0.1, -0.05) is 42.8 Å². The van der Waals surface area contributed by atoms with Crippen molar-refractivity contribution in [1.82, 2.24) is 9.78 Å². The molecule has 0 aliphatic heterocycles. The van der Waals surface area contributed by atoms with Crippen LogP contribution in [0, 0.1) is 17.2 Å². The Morgan fingerprint density at radius 2 is 1.93 bits per heavy atom. The molecule has 0 unspecified atom stereocenters. The molecule has 2 aliphatic carbocycles. The summed E-state index contributed by atoms with van der Waals surface area (Å²) in [5.74, 6) is -0.0201. The maximum Gasteiger partial charge on any atom is 0.123 e. The van der Waals surface area contributed by atoms with Crippen molar-refractivity contribution in [3.8, 4) is 5.69 Å². The summed E-state index contributed by atoms with van der Waals surface area (Å²) >= 11 is 0. The van der Waals surface area contributed by atoms with Gasteiger partial charge in [-0.3, -0.25) is 0 Å². The largest absolute Gasteiger partial charge is 0.392 e. The van der Waals surface area contributed by atoms with Gasteiger partial charge in [0, 0.05) is 0 Å². The van der Waals surface area contributed by atoms with Crippen molar-refractivity contribution in [3.63, 3.8) is 0 Å². The van der Waals surface area contributed by atoms with Crippen LogP contribution in [0.4, 0.5) is 4.39 Å². The second-order valence-corrected chi connectivity index (χ2v) is 8.96. The Bertz CT molecular complexity index is 1070. The standard InChI is InChI=1S/C26H27FN2O/c1-26-16-19-17-28-29(22-12-10-21(27)11-13-22)24(19)15-20(26)8-5-9-23(26)25(30)14-18-6-3-2-4-7-18/h2-4,6-7,10-13,15,17,23,25,30H,5,8-9,14,16H2,1H3/t23-,25-,26+/m1/s1. The van der Waals surface area contributed by atoms with Crippen molar-refractivity contribution < 1.29 is 9.50 Å². The molecule has 1 fully saturated rings. The van der Waals surface area contributed by atoms with Crippen LogP contribution >= 0.6 is 0 Å². The number of halogens is 1. The van der Waals surface area contributed by atoms with Gasteiger partial charge in [-0.15, -0.1) is 0 Å². The minimum atomic E-state index is -0.366. The first-order valence-electron chi connectivity index (χ1n) is 10.8. The van der Waals surface area contributed by atoms with E-state index in [1.54, 1.807) is 12.1 Å². The Balaban J connectivity index is 1.46. The van der Waals surface area contributed by atoms with Crippen LogP contribution in [0.25, 0.3) is 11.8 Å². The number of fused-ring (bicyclic) bond motifs is 2. The first-order valence-corrected chi connectivity index (χ1v) is 10.8. The van der Waals surface area contributed by atoms with Crippen LogP contribution in [0.15, 0.2) is 66.4 Å². The van der Waals surface area contributed by atoms with E-state index in [9.17, 15) is 9.50 Å². The topological polar surface area (TPSA) is 38.0 Å². The summed E-state index contributed by atoms with van der Waals surface area (Å²) in [7, 11) is 0. The van der Waals surface area contributed by atoms with Gasteiger partial charge in [-0.05, 0) is 84.9 Å². The predicted octanol–water partition coefficient (Wildman–Crippen LogP) is 5.36. The quantitative estimate of drug-likeness (QED) is 0.638. The van der Waals surface area contributed by atoms with Crippen molar-refractivity contribution >= 4 is 6.08 Å². The Morgan fingerprint density at radius 1 is 1.17 bits per heavy atom. The Morgan fingerprint density at radius 3 is 2.70 bits per heavy atom. The van der Waals surface area contributed by atoms with Gasteiger partial charge in [0.05, 0.1) is 23.7 Å². The fourth-order valence-corrected chi connectivity index (χ4v) is 5.48. The lowest BCUT2D eigenvalue weighted by molar-refractivity contribution is 0.0234. The van der Waals surface area contributed by atoms with Gasteiger partial charge in [0.15, 0.2) is 0 Å². The number of rotatable bonds is 4. The average molecular weight is 403 g/mol. The van der Waals surface area contributed by atoms with E-state index in [4.69, 9.17) is 0 Å². The summed E-state index contributed by atoms with van der Waals surface area (Å²) in [6.45, 7) is 2.31. The van der Waals surface area contributed by atoms with Gasteiger partial charge < -0.3 is 5.11 Å². The van der Waals surface area contributed by atoms with Gasteiger partial charge in [-0.2, -0.15) is 5.10 Å². The molecule has 5 rings (SSSR count). The summed E-state index contributed by atoms with van der Waals surface area (Å²) in [5.41, 5.74) is 5.69. The fraction of sp³-hybridized carbons (Fsp3) is 0.346. The van der Waals surface area contributed by atoms with Crippen LogP contribution in [0.5, 0.6) is 0 Å². The third-order valence-corrected chi connectivity index (χ3v) is 7.09. The van der Waals surface area contributed by atoms with Gasteiger partial charge >= 0.3 is 0 Å². The Hall–Kier alpha value is -2.72. The van der Waals surface area contributed by atoms with Crippen LogP contribution in [-0.4, -0.2) is 21.0 Å². The van der Waals surface area contributed by atoms with Crippen LogP contribution in [0.1, 0.15) is 43.0 Å². The zero-order valence-electron chi connectivity index (χ0n) is 17.3. The molecule has 3 atom stereocenters. The third kappa shape index (κ3) is 3.29. The summed E-state index contributed by atoms with van der Waals surface area (Å²) in [4.78, 5) is 0. The summed E-state index contributed by atoms with van der Waals surface area (Å²) < 4.78 is 15.3. The average Bonchev–Trinajstić information content (AvgIpc) is 3.14. The summed E-state index contributed by atoms with van der Waals surface area (Å²) in [6.07, 6.45) is 8.61. The number of nitrogens with zero attached hydrogens (tertiary/aromatic N) is 2. The van der Waals surface area contributed by atoms with Crippen LogP contribution in [-0.2, 0) is 12.8 Å². The van der Waals surface area contributed by atoms with E-state index in [1.807, 2.05) is 29.1 Å². The van der Waals surface area contributed by atoms with Gasteiger partial charge in [0.25, 0.3) is 0 Å². The second kappa shape index (κ2) is 7.51. The SMILES string of the molecule is C[C@]12Cc3cnn(-c4ccc(F)cc4)c3C=C1CCC[C@@H]2[C@H](O)Cc1ccccc1. The highest BCUT2D eigenvalue weighted by molar-refractivity contribution is 5.61. The lowest BCUT2D eigenvalue weighted by Crippen LogP contribution is -2.43. The van der Waals surface area contributed by atoms with E-state index in [1.165, 1.54) is 28.8 Å². The van der Waals surface area contributed by atoms with Crippen LogP contribution in [0.2, 0.25) is 0 Å². The van der Waals surface area contributed by atoms with Crippen molar-refractivity contribution in [2.75, 3.05) is 0 Å². The Kier molecular flexibility index (Phi) is 4.82. The smallest absolute Gasteiger partial charge is 0.123 e. The van der Waals surface area contributed by atoms with E-state index in [2.05, 4.69) is 30.2 Å². The molecular formula is C26H27FN2O. The van der Waals surface area contributed by atoms with Crippen LogP contribution < -0.4 is 0 Å². The van der Waals surface area contributed by atoms with E-state index in [-0.39, 0.29) is 23.3 Å². The van der Waals surface area contributed by atoms with Gasteiger partial charge in [0.1, 0.15) is 5.82 Å². The number of allylic oxidation sites excluding steroid dienone is 1. The maximum absolute atomic E-state index is 13.3. The van der Waals surface area contributed by atoms with Gasteiger partial charge in [-0.25, -0.2) is 9.07 Å². The molecular weight excluding hydrogens is 375 g/mol. The molecule has 3 nitrogen and oxygen atoms in total. The molecule has 4 heteroatoms. The van der Waals surface area contributed by atoms with E-state index >= 15 is 0 Å². The molecule has 30 heavy (non-hydrogen) atoms. The molecule has 0 radical (unpaired) electrons. The molecule has 0 amide bonds. The lowest BCUT2D eigenvalue weighted by Gasteiger charge is -2.47. The molecule has 3 aromatic rings. The Labute approximate surface area is 176 Å². The summed E-state index contributed by atoms with van der Waals surface area (Å²) in [6, 6.07) is 16.7. The van der Waals surface area contributed by atoms with Crippen molar-refractivity contribution in [1.29, 1.82) is 0 Å². The first-order chi connectivity index (χ1) is 14.5. The summed E-state index contributed by atoms with van der Waals surface area (Å²) in [5, 5.41) is 15.8. The zero-order chi connectivity index (χ0) is 20.7. The van der Waals surface area contributed by atoms with E-state index in [0.717, 1.165) is 37.1 Å². The van der Waals surface area contributed by atoms with Crippen LogP contribution in [0.3, 0.4) is 0 Å². The molecule has 2 aliphatic rings. The predicted molar refractivity (Wildman–Crippen MR) is 117 cm³/mol. The molecule has 1 saturated carbocycles. The van der Waals surface area contributed by atoms with E-state index < -0.39 is 0 Å². The normalized spacial score (nSPS) is 24.0. The molecule has 1 heterocycles. The second-order valence-electron chi connectivity index (χ2n) is 8.96. The molecule has 2 aromatic carbocycles. The molecule has 1 N–H and O–H groups in total. The number of hydrogen-bond donors (Lipinski definition) is 1. The maximum atomic E-state index is 13.3. The fourth-order valence-electron chi connectivity index (χ4n) is 5.48. The highest BCUT2D eigenvalue weighted by Gasteiger charge is 2.46. The zero-order valence-corrected chi connectivity index (χ0v) is 17.3. The first kappa shape index (κ1) is 19.3. The van der Waals surface area contributed by atoms with E-state index in [0.29, 0.717) is 6.42 Å². The molecule has 1 aromatic heterocycles. The minimum Gasteiger partial charge on any atom is -0.392 e. The molecule has 154 valence electrons. The van der Waals surface area contributed by atoms with Gasteiger partial charge in [0.2, 0.25) is 0 Å². The number of aliphatic hydroxyl groups is 1. The minimum absolute atomic E-state index is 0.0594. The number of hydrogen-bond acceptors (Lipinski definition) is 2. The number of aromatic nitrogens is 2. The highest BCUT2D eigenvalue weighted by atomic mass is 19.1. The highest BCUT2D eigenvalue weighted by Crippen LogP contribution is 2.52. The van der Waals surface area contributed by atoms with Crippen molar-refractivity contribution in [2.24, 2.45) is 11.3 Å². The third-order valence-electron chi connectivity index (χ3n) is 7.09.